The van der Waals surface area contributed by atoms with Crippen LogP contribution in [0.15, 0.2) is 43.7 Å². The van der Waals surface area contributed by atoms with Gasteiger partial charge in [-0.3, -0.25) is 33.5 Å². The molecule has 2 N–H and O–H groups in total. The lowest BCUT2D eigenvalue weighted by molar-refractivity contribution is -0.120. The minimum atomic E-state index is -0.709. The maximum absolute atomic E-state index is 11.8. The summed E-state index contributed by atoms with van der Waals surface area (Å²) in [5.74, 6) is -0.437. The number of hydrogen-bond acceptors (Lipinski definition) is 5. The molecule has 0 aliphatic rings. The van der Waals surface area contributed by atoms with Gasteiger partial charge in [0.15, 0.2) is 5.78 Å². The number of H-pyrrole nitrogens is 2. The first-order chi connectivity index (χ1) is 9.45. The van der Waals surface area contributed by atoms with Crippen LogP contribution in [0.4, 0.5) is 0 Å². The van der Waals surface area contributed by atoms with Gasteiger partial charge in [-0.15, -0.1) is 0 Å². The summed E-state index contributed by atoms with van der Waals surface area (Å²) < 4.78 is 2.03. The van der Waals surface area contributed by atoms with Gasteiger partial charge >= 0.3 is 11.4 Å². The van der Waals surface area contributed by atoms with Gasteiger partial charge in [0.25, 0.3) is 11.1 Å². The summed E-state index contributed by atoms with van der Waals surface area (Å²) >= 11 is 0. The summed E-state index contributed by atoms with van der Waals surface area (Å²) in [6.45, 7) is -0.581. The van der Waals surface area contributed by atoms with E-state index in [9.17, 15) is 24.0 Å². The highest BCUT2D eigenvalue weighted by atomic mass is 16.2. The maximum atomic E-state index is 11.8. The zero-order chi connectivity index (χ0) is 14.7. The molecule has 2 heterocycles. The van der Waals surface area contributed by atoms with E-state index in [-0.39, 0.29) is 13.1 Å². The average Bonchev–Trinajstić information content (AvgIpc) is 2.36. The molecule has 0 fully saturated rings. The van der Waals surface area contributed by atoms with Gasteiger partial charge in [0.1, 0.15) is 0 Å². The number of rotatable bonds is 4. The summed E-state index contributed by atoms with van der Waals surface area (Å²) in [6.07, 6.45) is 2.38. The molecule has 0 unspecified atom stereocenters. The number of aromatic nitrogens is 4. The smallest absolute Gasteiger partial charge is 0.296 e. The number of carbonyl (C=O) groups is 1. The molecule has 0 aliphatic carbocycles. The Kier molecular flexibility index (Phi) is 3.60. The van der Waals surface area contributed by atoms with E-state index in [0.717, 1.165) is 21.3 Å². The van der Waals surface area contributed by atoms with Gasteiger partial charge in [0.2, 0.25) is 0 Å². The SMILES string of the molecule is O=C(Cn1ccc(=O)[nH]c1=O)Cn1ccc(=O)[nH]c1=O. The second-order valence-corrected chi connectivity index (χ2v) is 4.01. The topological polar surface area (TPSA) is 127 Å². The number of Topliss-reactive ketones (excluding diaryl/α,β-unsaturated/α-hetero) is 1. The Bertz CT molecular complexity index is 798. The van der Waals surface area contributed by atoms with Crippen molar-refractivity contribution in [3.05, 3.63) is 66.2 Å². The molecule has 20 heavy (non-hydrogen) atoms. The van der Waals surface area contributed by atoms with Crippen LogP contribution in [0.5, 0.6) is 0 Å². The van der Waals surface area contributed by atoms with Crippen LogP contribution in [0.3, 0.4) is 0 Å². The van der Waals surface area contributed by atoms with E-state index in [1.807, 2.05) is 9.97 Å². The number of nitrogens with one attached hydrogen (secondary N) is 2. The molecule has 0 aliphatic heterocycles. The lowest BCUT2D eigenvalue weighted by Gasteiger charge is -2.05. The molecule has 9 heteroatoms. The first kappa shape index (κ1) is 13.5. The third kappa shape index (κ3) is 3.07. The molecule has 2 aromatic heterocycles. The zero-order valence-corrected chi connectivity index (χ0v) is 10.2. The van der Waals surface area contributed by atoms with Gasteiger partial charge < -0.3 is 0 Å². The van der Waals surface area contributed by atoms with E-state index in [0.29, 0.717) is 0 Å². The third-order valence-electron chi connectivity index (χ3n) is 2.49. The van der Waals surface area contributed by atoms with Crippen LogP contribution in [0.2, 0.25) is 0 Å². The molecule has 104 valence electrons. The van der Waals surface area contributed by atoms with Crippen LogP contribution >= 0.6 is 0 Å². The molecular formula is C11H10N4O5. The maximum Gasteiger partial charge on any atom is 0.328 e. The number of hydrogen-bond donors (Lipinski definition) is 2. The molecule has 0 saturated carbocycles. The summed E-state index contributed by atoms with van der Waals surface area (Å²) in [6, 6.07) is 2.22. The Balaban J connectivity index is 2.17. The van der Waals surface area contributed by atoms with Crippen LogP contribution in [0.1, 0.15) is 0 Å². The highest BCUT2D eigenvalue weighted by Crippen LogP contribution is 1.85. The van der Waals surface area contributed by atoms with Crippen LogP contribution in [0.25, 0.3) is 0 Å². The molecule has 0 spiro atoms. The predicted molar refractivity (Wildman–Crippen MR) is 67.7 cm³/mol. The van der Waals surface area contributed by atoms with E-state index in [1.54, 1.807) is 0 Å². The Morgan fingerprint density at radius 2 is 1.25 bits per heavy atom. The van der Waals surface area contributed by atoms with Crippen molar-refractivity contribution in [1.29, 1.82) is 0 Å². The van der Waals surface area contributed by atoms with Crippen LogP contribution in [0, 0.1) is 0 Å². The Morgan fingerprint density at radius 1 is 0.850 bits per heavy atom. The van der Waals surface area contributed by atoms with Crippen molar-refractivity contribution < 1.29 is 4.79 Å². The van der Waals surface area contributed by atoms with Gasteiger partial charge in [-0.25, -0.2) is 9.59 Å². The van der Waals surface area contributed by atoms with Crippen LogP contribution in [-0.2, 0) is 17.9 Å². The zero-order valence-electron chi connectivity index (χ0n) is 10.2. The van der Waals surface area contributed by atoms with Crippen molar-refractivity contribution in [2.45, 2.75) is 13.1 Å². The molecule has 0 saturated heterocycles. The molecular weight excluding hydrogens is 268 g/mol. The molecule has 0 bridgehead atoms. The molecule has 0 amide bonds. The number of nitrogens with zero attached hydrogens (tertiary/aromatic N) is 2. The van der Waals surface area contributed by atoms with Crippen molar-refractivity contribution in [3.63, 3.8) is 0 Å². The number of carbonyl (C=O) groups excluding carboxylic acids is 1. The lowest BCUT2D eigenvalue weighted by Crippen LogP contribution is -2.34. The second-order valence-electron chi connectivity index (χ2n) is 4.01. The molecule has 9 nitrogen and oxygen atoms in total. The van der Waals surface area contributed by atoms with Crippen molar-refractivity contribution in [2.75, 3.05) is 0 Å². The third-order valence-corrected chi connectivity index (χ3v) is 2.49. The van der Waals surface area contributed by atoms with Gasteiger partial charge in [-0.2, -0.15) is 0 Å². The van der Waals surface area contributed by atoms with E-state index >= 15 is 0 Å². The fourth-order valence-corrected chi connectivity index (χ4v) is 1.57. The van der Waals surface area contributed by atoms with Gasteiger partial charge in [-0.1, -0.05) is 0 Å². The number of aromatic amines is 2. The highest BCUT2D eigenvalue weighted by molar-refractivity contribution is 5.77. The second kappa shape index (κ2) is 5.34. The fraction of sp³-hybridized carbons (Fsp3) is 0.182. The first-order valence-corrected chi connectivity index (χ1v) is 5.57. The monoisotopic (exact) mass is 278 g/mol. The van der Waals surface area contributed by atoms with E-state index in [4.69, 9.17) is 0 Å². The van der Waals surface area contributed by atoms with Crippen molar-refractivity contribution in [3.8, 4) is 0 Å². The van der Waals surface area contributed by atoms with Crippen molar-refractivity contribution in [1.82, 2.24) is 19.1 Å². The van der Waals surface area contributed by atoms with Gasteiger partial charge in [-0.05, 0) is 0 Å². The first-order valence-electron chi connectivity index (χ1n) is 5.57. The summed E-state index contributed by atoms with van der Waals surface area (Å²) in [4.78, 5) is 60.3. The Labute approximate surface area is 110 Å². The fourth-order valence-electron chi connectivity index (χ4n) is 1.57. The number of ketones is 1. The molecule has 0 radical (unpaired) electrons. The van der Waals surface area contributed by atoms with Gasteiger partial charge in [0.05, 0.1) is 13.1 Å². The van der Waals surface area contributed by atoms with Crippen molar-refractivity contribution in [2.24, 2.45) is 0 Å². The lowest BCUT2D eigenvalue weighted by atomic mass is 10.3. The molecule has 0 atom stereocenters. The molecule has 2 rings (SSSR count). The Hall–Kier alpha value is -2.97. The molecule has 2 aromatic rings. The van der Waals surface area contributed by atoms with Crippen LogP contribution < -0.4 is 22.5 Å². The van der Waals surface area contributed by atoms with E-state index in [1.165, 1.54) is 12.4 Å². The summed E-state index contributed by atoms with van der Waals surface area (Å²) in [7, 11) is 0. The summed E-state index contributed by atoms with van der Waals surface area (Å²) in [5, 5.41) is 0. The van der Waals surface area contributed by atoms with Gasteiger partial charge in [0, 0.05) is 24.5 Å². The normalized spacial score (nSPS) is 10.4. The summed E-state index contributed by atoms with van der Waals surface area (Å²) in [5.41, 5.74) is -2.54. The molecule has 0 aromatic carbocycles. The van der Waals surface area contributed by atoms with Crippen LogP contribution in [-0.4, -0.2) is 24.9 Å². The quantitative estimate of drug-likeness (QED) is 0.647. The highest BCUT2D eigenvalue weighted by Gasteiger charge is 2.07. The Morgan fingerprint density at radius 3 is 1.60 bits per heavy atom. The standard InChI is InChI=1S/C11H10N4O5/c16-7(5-14-3-1-8(17)12-10(14)19)6-15-4-2-9(18)13-11(15)20/h1-4H,5-6H2,(H,12,17,19)(H,13,18,20). The van der Waals surface area contributed by atoms with Crippen molar-refractivity contribution >= 4 is 5.78 Å². The largest absolute Gasteiger partial charge is 0.328 e. The van der Waals surface area contributed by atoms with E-state index in [2.05, 4.69) is 0 Å². The van der Waals surface area contributed by atoms with E-state index < -0.39 is 28.3 Å². The minimum Gasteiger partial charge on any atom is -0.296 e. The minimum absolute atomic E-state index is 0.290. The predicted octanol–water partition coefficient (Wildman–Crippen LogP) is -2.34. The average molecular weight is 278 g/mol.